The Bertz CT molecular complexity index is 444. The summed E-state index contributed by atoms with van der Waals surface area (Å²) in [5.74, 6) is 0.833. The third kappa shape index (κ3) is 5.48. The molecule has 1 atom stereocenters. The second-order valence-corrected chi connectivity index (χ2v) is 6.11. The first-order valence-corrected chi connectivity index (χ1v) is 7.94. The van der Waals surface area contributed by atoms with Gasteiger partial charge in [0.15, 0.2) is 0 Å². The number of hydrogen-bond acceptors (Lipinski definition) is 3. The molecule has 1 aliphatic rings. The number of carbonyl (C=O) groups excluding carboxylic acids is 1. The van der Waals surface area contributed by atoms with Crippen LogP contribution in [-0.2, 0) is 17.9 Å². The molecule has 2 rings (SSSR count). The quantitative estimate of drug-likeness (QED) is 0.841. The Kier molecular flexibility index (Phi) is 6.21. The number of benzene rings is 1. The van der Waals surface area contributed by atoms with E-state index < -0.39 is 0 Å². The Morgan fingerprint density at radius 3 is 2.71 bits per heavy atom. The molecule has 1 fully saturated rings. The normalized spacial score (nSPS) is 19.4. The lowest BCUT2D eigenvalue weighted by atomic mass is 9.99. The third-order valence-corrected chi connectivity index (χ3v) is 4.03. The van der Waals surface area contributed by atoms with Crippen molar-refractivity contribution in [2.45, 2.75) is 39.3 Å². The summed E-state index contributed by atoms with van der Waals surface area (Å²) in [7, 11) is 0. The summed E-state index contributed by atoms with van der Waals surface area (Å²) in [5, 5.41) is 2.88. The van der Waals surface area contributed by atoms with E-state index in [-0.39, 0.29) is 5.91 Å². The predicted octanol–water partition coefficient (Wildman–Crippen LogP) is 1.88. The highest BCUT2D eigenvalue weighted by molar-refractivity contribution is 5.76. The Hall–Kier alpha value is -1.39. The number of amides is 1. The van der Waals surface area contributed by atoms with E-state index in [9.17, 15) is 4.79 Å². The van der Waals surface area contributed by atoms with Crippen LogP contribution in [0.4, 0.5) is 0 Å². The average Bonchev–Trinajstić information content (AvgIpc) is 2.47. The lowest BCUT2D eigenvalue weighted by Gasteiger charge is -2.30. The molecule has 1 saturated heterocycles. The van der Waals surface area contributed by atoms with Crippen LogP contribution in [0.3, 0.4) is 0 Å². The van der Waals surface area contributed by atoms with E-state index in [2.05, 4.69) is 41.4 Å². The van der Waals surface area contributed by atoms with E-state index in [0.29, 0.717) is 19.5 Å². The molecule has 4 heteroatoms. The largest absolute Gasteiger partial charge is 0.352 e. The van der Waals surface area contributed by atoms with E-state index in [0.717, 1.165) is 18.0 Å². The standard InChI is InChI=1S/C17H27N3O/c1-14-3-2-10-20(12-14)13-16-6-4-15(5-7-16)11-19-17(21)8-9-18/h4-7,14H,2-3,8-13,18H2,1H3,(H,19,21). The number of rotatable bonds is 6. The Balaban J connectivity index is 1.80. The van der Waals surface area contributed by atoms with Gasteiger partial charge in [-0.1, -0.05) is 31.2 Å². The van der Waals surface area contributed by atoms with Gasteiger partial charge in [-0.2, -0.15) is 0 Å². The minimum atomic E-state index is 0.0175. The molecule has 1 aromatic carbocycles. The molecule has 4 nitrogen and oxygen atoms in total. The van der Waals surface area contributed by atoms with Crippen LogP contribution in [0, 0.1) is 5.92 Å². The van der Waals surface area contributed by atoms with Crippen molar-refractivity contribution >= 4 is 5.91 Å². The molecule has 3 N–H and O–H groups in total. The molecule has 0 radical (unpaired) electrons. The summed E-state index contributed by atoms with van der Waals surface area (Å²) in [4.78, 5) is 13.9. The highest BCUT2D eigenvalue weighted by Gasteiger charge is 2.15. The molecule has 1 heterocycles. The summed E-state index contributed by atoms with van der Waals surface area (Å²) in [5.41, 5.74) is 7.83. The van der Waals surface area contributed by atoms with Crippen molar-refractivity contribution in [3.63, 3.8) is 0 Å². The maximum absolute atomic E-state index is 11.4. The minimum Gasteiger partial charge on any atom is -0.352 e. The zero-order valence-corrected chi connectivity index (χ0v) is 13.0. The van der Waals surface area contributed by atoms with Gasteiger partial charge in [-0.15, -0.1) is 0 Å². The topological polar surface area (TPSA) is 58.4 Å². The van der Waals surface area contributed by atoms with Gasteiger partial charge < -0.3 is 11.1 Å². The summed E-state index contributed by atoms with van der Waals surface area (Å²) in [6.45, 7) is 6.76. The smallest absolute Gasteiger partial charge is 0.221 e. The summed E-state index contributed by atoms with van der Waals surface area (Å²) >= 11 is 0. The van der Waals surface area contributed by atoms with Crippen molar-refractivity contribution in [3.8, 4) is 0 Å². The highest BCUT2D eigenvalue weighted by Crippen LogP contribution is 2.18. The first-order chi connectivity index (χ1) is 10.2. The van der Waals surface area contributed by atoms with E-state index in [1.807, 2.05) is 0 Å². The van der Waals surface area contributed by atoms with Crippen molar-refractivity contribution in [1.82, 2.24) is 10.2 Å². The number of carbonyl (C=O) groups is 1. The highest BCUT2D eigenvalue weighted by atomic mass is 16.1. The lowest BCUT2D eigenvalue weighted by molar-refractivity contribution is -0.121. The Labute approximate surface area is 127 Å². The molecule has 116 valence electrons. The van der Waals surface area contributed by atoms with Crippen LogP contribution in [0.25, 0.3) is 0 Å². The zero-order chi connectivity index (χ0) is 15.1. The number of piperidine rings is 1. The lowest BCUT2D eigenvalue weighted by Crippen LogP contribution is -2.33. The molecule has 1 aliphatic heterocycles. The molecule has 1 amide bonds. The van der Waals surface area contributed by atoms with Crippen LogP contribution in [-0.4, -0.2) is 30.4 Å². The van der Waals surface area contributed by atoms with Crippen molar-refractivity contribution in [2.75, 3.05) is 19.6 Å². The molecular formula is C17H27N3O. The SMILES string of the molecule is CC1CCCN(Cc2ccc(CNC(=O)CCN)cc2)C1. The Morgan fingerprint density at radius 1 is 1.33 bits per heavy atom. The molecule has 1 unspecified atom stereocenters. The average molecular weight is 289 g/mol. The molecule has 21 heavy (non-hydrogen) atoms. The van der Waals surface area contributed by atoms with Crippen LogP contribution in [0.2, 0.25) is 0 Å². The fourth-order valence-electron chi connectivity index (χ4n) is 2.87. The van der Waals surface area contributed by atoms with Gasteiger partial charge in [0.25, 0.3) is 0 Å². The maximum atomic E-state index is 11.4. The van der Waals surface area contributed by atoms with E-state index in [1.54, 1.807) is 0 Å². The van der Waals surface area contributed by atoms with E-state index >= 15 is 0 Å². The van der Waals surface area contributed by atoms with Gasteiger partial charge in [-0.25, -0.2) is 0 Å². The zero-order valence-electron chi connectivity index (χ0n) is 13.0. The number of nitrogens with one attached hydrogen (secondary N) is 1. The van der Waals surface area contributed by atoms with Gasteiger partial charge in [-0.3, -0.25) is 9.69 Å². The van der Waals surface area contributed by atoms with Crippen molar-refractivity contribution < 1.29 is 4.79 Å². The number of likely N-dealkylation sites (tertiary alicyclic amines) is 1. The van der Waals surface area contributed by atoms with Gasteiger partial charge in [0.2, 0.25) is 5.91 Å². The van der Waals surface area contributed by atoms with Crippen molar-refractivity contribution in [1.29, 1.82) is 0 Å². The molecule has 0 aliphatic carbocycles. The van der Waals surface area contributed by atoms with Crippen LogP contribution < -0.4 is 11.1 Å². The first-order valence-electron chi connectivity index (χ1n) is 7.94. The molecule has 0 aromatic heterocycles. The molecular weight excluding hydrogens is 262 g/mol. The minimum absolute atomic E-state index is 0.0175. The fourth-order valence-corrected chi connectivity index (χ4v) is 2.87. The molecule has 0 saturated carbocycles. The second-order valence-electron chi connectivity index (χ2n) is 6.11. The van der Waals surface area contributed by atoms with Gasteiger partial charge in [0.1, 0.15) is 0 Å². The van der Waals surface area contributed by atoms with Crippen LogP contribution in [0.1, 0.15) is 37.3 Å². The van der Waals surface area contributed by atoms with Gasteiger partial charge in [0, 0.05) is 32.6 Å². The van der Waals surface area contributed by atoms with E-state index in [1.165, 1.54) is 31.5 Å². The maximum Gasteiger partial charge on any atom is 0.221 e. The number of nitrogens with zero attached hydrogens (tertiary/aromatic N) is 1. The van der Waals surface area contributed by atoms with Gasteiger partial charge >= 0.3 is 0 Å². The number of nitrogens with two attached hydrogens (primary N) is 1. The van der Waals surface area contributed by atoms with Gasteiger partial charge in [-0.05, 0) is 36.4 Å². The third-order valence-electron chi connectivity index (χ3n) is 4.03. The molecule has 0 spiro atoms. The summed E-state index contributed by atoms with van der Waals surface area (Å²) < 4.78 is 0. The first kappa shape index (κ1) is 16.0. The molecule has 0 bridgehead atoms. The van der Waals surface area contributed by atoms with Crippen LogP contribution in [0.5, 0.6) is 0 Å². The molecule has 1 aromatic rings. The van der Waals surface area contributed by atoms with Crippen LogP contribution >= 0.6 is 0 Å². The number of hydrogen-bond donors (Lipinski definition) is 2. The Morgan fingerprint density at radius 2 is 2.05 bits per heavy atom. The summed E-state index contributed by atoms with van der Waals surface area (Å²) in [6, 6.07) is 8.55. The summed E-state index contributed by atoms with van der Waals surface area (Å²) in [6.07, 6.45) is 3.07. The monoisotopic (exact) mass is 289 g/mol. The van der Waals surface area contributed by atoms with Crippen LogP contribution in [0.15, 0.2) is 24.3 Å². The van der Waals surface area contributed by atoms with E-state index in [4.69, 9.17) is 5.73 Å². The second kappa shape index (κ2) is 8.15. The fraction of sp³-hybridized carbons (Fsp3) is 0.588. The van der Waals surface area contributed by atoms with Gasteiger partial charge in [0.05, 0.1) is 0 Å². The van der Waals surface area contributed by atoms with Crippen molar-refractivity contribution in [2.24, 2.45) is 11.7 Å². The van der Waals surface area contributed by atoms with Crippen molar-refractivity contribution in [3.05, 3.63) is 35.4 Å². The predicted molar refractivity (Wildman–Crippen MR) is 85.6 cm³/mol.